The number of carbonyl (C=O) groups is 1. The van der Waals surface area contributed by atoms with Gasteiger partial charge in [0.1, 0.15) is 5.75 Å². The highest BCUT2D eigenvalue weighted by atomic mass is 32.2. The minimum Gasteiger partial charge on any atom is -0.497 e. The number of aromatic nitrogens is 2. The third-order valence-electron chi connectivity index (χ3n) is 5.35. The second-order valence-corrected chi connectivity index (χ2v) is 9.35. The minimum absolute atomic E-state index is 0.00537. The quantitative estimate of drug-likeness (QED) is 0.331. The number of hydrogen-bond donors (Lipinski definition) is 0. The topological polar surface area (TPSA) is 68.5 Å². The second kappa shape index (κ2) is 9.72. The predicted octanol–water partition coefficient (Wildman–Crippen LogP) is 5.72. The van der Waals surface area contributed by atoms with Crippen molar-refractivity contribution in [3.8, 4) is 17.2 Å². The molecule has 0 spiro atoms. The van der Waals surface area contributed by atoms with Crippen LogP contribution in [0.5, 0.6) is 5.75 Å². The number of hydrogen-bond acceptors (Lipinski definition) is 7. The number of nitrogens with zero attached hydrogens (tertiary/aromatic N) is 3. The van der Waals surface area contributed by atoms with Crippen molar-refractivity contribution in [2.45, 2.75) is 16.2 Å². The van der Waals surface area contributed by atoms with Crippen molar-refractivity contribution in [3.63, 3.8) is 0 Å². The number of para-hydroxylation sites is 1. The maximum absolute atomic E-state index is 13.5. The van der Waals surface area contributed by atoms with Gasteiger partial charge in [0.05, 0.1) is 24.6 Å². The molecule has 1 atom stereocenters. The van der Waals surface area contributed by atoms with E-state index in [1.165, 1.54) is 11.8 Å². The average Bonchev–Trinajstić information content (AvgIpc) is 3.36. The summed E-state index contributed by atoms with van der Waals surface area (Å²) in [6.45, 7) is 0. The lowest BCUT2D eigenvalue weighted by atomic mass is 10.1. The third kappa shape index (κ3) is 4.62. The Morgan fingerprint density at radius 2 is 1.82 bits per heavy atom. The smallest absolute Gasteiger partial charge is 0.277 e. The van der Waals surface area contributed by atoms with Gasteiger partial charge in [-0.05, 0) is 42.0 Å². The summed E-state index contributed by atoms with van der Waals surface area (Å²) in [5, 5.41) is 8.60. The zero-order valence-electron chi connectivity index (χ0n) is 17.9. The van der Waals surface area contributed by atoms with Gasteiger partial charge in [-0.2, -0.15) is 0 Å². The fraction of sp³-hybridized carbons (Fsp3) is 0.160. The largest absolute Gasteiger partial charge is 0.497 e. The highest BCUT2D eigenvalue weighted by Gasteiger charge is 2.32. The zero-order valence-corrected chi connectivity index (χ0v) is 19.5. The van der Waals surface area contributed by atoms with Crippen LogP contribution in [0.15, 0.2) is 93.4 Å². The fourth-order valence-corrected chi connectivity index (χ4v) is 5.52. The Labute approximate surface area is 200 Å². The van der Waals surface area contributed by atoms with E-state index in [-0.39, 0.29) is 17.7 Å². The van der Waals surface area contributed by atoms with E-state index in [0.717, 1.165) is 33.2 Å². The third-order valence-corrected chi connectivity index (χ3v) is 7.29. The van der Waals surface area contributed by atoms with E-state index < -0.39 is 0 Å². The van der Waals surface area contributed by atoms with E-state index in [9.17, 15) is 4.79 Å². The summed E-state index contributed by atoms with van der Waals surface area (Å²) in [6.07, 6.45) is 0. The van der Waals surface area contributed by atoms with Crippen molar-refractivity contribution < 1.29 is 13.9 Å². The van der Waals surface area contributed by atoms with Crippen molar-refractivity contribution in [1.82, 2.24) is 10.2 Å². The van der Waals surface area contributed by atoms with Crippen LogP contribution in [0.3, 0.4) is 0 Å². The van der Waals surface area contributed by atoms with Crippen LogP contribution >= 0.6 is 23.5 Å². The first-order valence-corrected chi connectivity index (χ1v) is 12.4. The summed E-state index contributed by atoms with van der Waals surface area (Å²) in [7, 11) is 1.62. The minimum atomic E-state index is -0.0308. The molecule has 2 heterocycles. The molecule has 5 rings (SSSR count). The maximum atomic E-state index is 13.5. The van der Waals surface area contributed by atoms with Gasteiger partial charge < -0.3 is 14.1 Å². The normalized spacial score (nSPS) is 15.2. The first-order chi connectivity index (χ1) is 16.2. The second-order valence-electron chi connectivity index (χ2n) is 7.36. The molecule has 1 aromatic heterocycles. The first kappa shape index (κ1) is 21.6. The van der Waals surface area contributed by atoms with Crippen molar-refractivity contribution in [1.29, 1.82) is 0 Å². The zero-order chi connectivity index (χ0) is 22.6. The van der Waals surface area contributed by atoms with E-state index in [4.69, 9.17) is 9.15 Å². The Bertz CT molecular complexity index is 1250. The highest BCUT2D eigenvalue weighted by Crippen LogP contribution is 2.43. The molecule has 4 aromatic rings. The van der Waals surface area contributed by atoms with E-state index in [1.54, 1.807) is 18.9 Å². The molecule has 8 heteroatoms. The molecule has 6 nitrogen and oxygen atoms in total. The molecule has 3 aromatic carbocycles. The summed E-state index contributed by atoms with van der Waals surface area (Å²) < 4.78 is 11.0. The number of methoxy groups -OCH3 is 1. The number of thioether (sulfide) groups is 2. The number of amides is 1. The Kier molecular flexibility index (Phi) is 6.37. The molecule has 0 bridgehead atoms. The molecule has 0 radical (unpaired) electrons. The molecule has 0 saturated heterocycles. The standard InChI is InChI=1S/C25H21N3O3S2/c1-30-19-13-11-18(12-14-19)24-26-27-25(31-24)33-16-23(29)28-20-9-5-6-10-22(20)32-15-21(28)17-7-3-2-4-8-17/h2-14,21H,15-16H2,1H3. The van der Waals surface area contributed by atoms with Crippen LogP contribution in [0.1, 0.15) is 11.6 Å². The molecule has 0 fully saturated rings. The number of fused-ring (bicyclic) bond motifs is 1. The summed E-state index contributed by atoms with van der Waals surface area (Å²) >= 11 is 3.03. The number of anilines is 1. The molecule has 166 valence electrons. The maximum Gasteiger partial charge on any atom is 0.277 e. The van der Waals surface area contributed by atoms with Crippen LogP contribution < -0.4 is 9.64 Å². The van der Waals surface area contributed by atoms with Gasteiger partial charge in [0.2, 0.25) is 11.8 Å². The Morgan fingerprint density at radius 1 is 1.06 bits per heavy atom. The van der Waals surface area contributed by atoms with Crippen LogP contribution in [-0.4, -0.2) is 34.7 Å². The molecule has 33 heavy (non-hydrogen) atoms. The molecular formula is C25H21N3O3S2. The monoisotopic (exact) mass is 475 g/mol. The van der Waals surface area contributed by atoms with Gasteiger partial charge in [-0.25, -0.2) is 0 Å². The average molecular weight is 476 g/mol. The van der Waals surface area contributed by atoms with E-state index in [2.05, 4.69) is 28.4 Å². The Balaban J connectivity index is 1.34. The van der Waals surface area contributed by atoms with E-state index in [1.807, 2.05) is 65.6 Å². The Morgan fingerprint density at radius 3 is 2.61 bits per heavy atom. The SMILES string of the molecule is COc1ccc(-c2nnc(SCC(=O)N3c4ccccc4SCC3c3ccccc3)o2)cc1. The summed E-state index contributed by atoms with van der Waals surface area (Å²) in [6, 6.07) is 25.6. The van der Waals surface area contributed by atoms with Gasteiger partial charge in [0.25, 0.3) is 5.22 Å². The molecule has 1 unspecified atom stereocenters. The lowest BCUT2D eigenvalue weighted by Crippen LogP contribution is -2.39. The van der Waals surface area contributed by atoms with Gasteiger partial charge in [0.15, 0.2) is 0 Å². The van der Waals surface area contributed by atoms with Gasteiger partial charge in [-0.15, -0.1) is 22.0 Å². The van der Waals surface area contributed by atoms with Crippen LogP contribution in [0, 0.1) is 0 Å². The first-order valence-electron chi connectivity index (χ1n) is 10.4. The fourth-order valence-electron chi connectivity index (χ4n) is 3.73. The summed E-state index contributed by atoms with van der Waals surface area (Å²) in [5.41, 5.74) is 2.86. The van der Waals surface area contributed by atoms with Crippen LogP contribution in [0.4, 0.5) is 5.69 Å². The van der Waals surface area contributed by atoms with Crippen LogP contribution in [0.2, 0.25) is 0 Å². The lowest BCUT2D eigenvalue weighted by molar-refractivity contribution is -0.116. The molecular weight excluding hydrogens is 454 g/mol. The molecule has 0 saturated carbocycles. The predicted molar refractivity (Wildman–Crippen MR) is 131 cm³/mol. The van der Waals surface area contributed by atoms with E-state index >= 15 is 0 Å². The van der Waals surface area contributed by atoms with Crippen molar-refractivity contribution in [3.05, 3.63) is 84.4 Å². The van der Waals surface area contributed by atoms with Crippen molar-refractivity contribution in [2.24, 2.45) is 0 Å². The van der Waals surface area contributed by atoms with Gasteiger partial charge in [-0.3, -0.25) is 4.79 Å². The number of carbonyl (C=O) groups excluding carboxylic acids is 1. The van der Waals surface area contributed by atoms with Gasteiger partial charge in [-0.1, -0.05) is 54.2 Å². The number of benzene rings is 3. The van der Waals surface area contributed by atoms with Crippen LogP contribution in [-0.2, 0) is 4.79 Å². The van der Waals surface area contributed by atoms with Gasteiger partial charge in [0, 0.05) is 16.2 Å². The van der Waals surface area contributed by atoms with Gasteiger partial charge >= 0.3 is 0 Å². The van der Waals surface area contributed by atoms with E-state index in [0.29, 0.717) is 11.1 Å². The molecule has 0 aliphatic carbocycles. The molecule has 1 aliphatic rings. The summed E-state index contributed by atoms with van der Waals surface area (Å²) in [4.78, 5) is 16.5. The van der Waals surface area contributed by atoms with Crippen molar-refractivity contribution >= 4 is 35.1 Å². The Hall–Kier alpha value is -3.23. The molecule has 0 N–H and O–H groups in total. The lowest BCUT2D eigenvalue weighted by Gasteiger charge is -2.37. The number of rotatable bonds is 6. The highest BCUT2D eigenvalue weighted by molar-refractivity contribution is 8.00. The van der Waals surface area contributed by atoms with Crippen LogP contribution in [0.25, 0.3) is 11.5 Å². The number of ether oxygens (including phenoxy) is 1. The molecule has 1 aliphatic heterocycles. The van der Waals surface area contributed by atoms with Crippen molar-refractivity contribution in [2.75, 3.05) is 23.5 Å². The molecule has 1 amide bonds. The summed E-state index contributed by atoms with van der Waals surface area (Å²) in [5.74, 6) is 2.18.